The molecule has 0 amide bonds. The van der Waals surface area contributed by atoms with Crippen molar-refractivity contribution in [2.45, 2.75) is 33.1 Å². The van der Waals surface area contributed by atoms with Gasteiger partial charge in [-0.3, -0.25) is 0 Å². The molecule has 1 N–H and O–H groups in total. The van der Waals surface area contributed by atoms with Crippen molar-refractivity contribution in [3.63, 3.8) is 0 Å². The normalized spacial score (nSPS) is 22.8. The van der Waals surface area contributed by atoms with Crippen molar-refractivity contribution >= 4 is 21.7 Å². The van der Waals surface area contributed by atoms with Crippen molar-refractivity contribution < 1.29 is 0 Å². The molecule has 1 fully saturated rings. The number of nitrogens with one attached hydrogen (secondary N) is 1. The number of fused-ring (bicyclic) bond motifs is 3. The van der Waals surface area contributed by atoms with Gasteiger partial charge in [0.05, 0.1) is 11.6 Å². The van der Waals surface area contributed by atoms with Gasteiger partial charge in [-0.05, 0) is 35.1 Å². The predicted octanol–water partition coefficient (Wildman–Crippen LogP) is 5.28. The van der Waals surface area contributed by atoms with Crippen molar-refractivity contribution in [1.29, 1.82) is 5.26 Å². The number of hydrogen-bond donors (Lipinski definition) is 1. The van der Waals surface area contributed by atoms with Gasteiger partial charge < -0.3 is 4.98 Å². The second-order valence-corrected chi connectivity index (χ2v) is 7.14. The van der Waals surface area contributed by atoms with Gasteiger partial charge in [0, 0.05) is 22.9 Å². The first kappa shape index (κ1) is 13.4. The van der Waals surface area contributed by atoms with Crippen LogP contribution in [0.2, 0.25) is 0 Å². The second-order valence-electron chi connectivity index (χ2n) is 7.14. The monoisotopic (exact) mass is 288 g/mol. The Morgan fingerprint density at radius 3 is 2.68 bits per heavy atom. The standard InChI is InChI=1S/C20H20N2/c1-12-17(18-16(10-11-21)20(18,2)3)15-9-8-13-6-4-5-7-14(13)19(15)22-12/h4-9,16,18,22H,10H2,1-3H3. The highest BCUT2D eigenvalue weighted by Gasteiger charge is 2.58. The summed E-state index contributed by atoms with van der Waals surface area (Å²) in [6.07, 6.45) is 0.650. The van der Waals surface area contributed by atoms with Crippen molar-refractivity contribution in [1.82, 2.24) is 4.98 Å². The fraction of sp³-hybridized carbons (Fsp3) is 0.350. The van der Waals surface area contributed by atoms with Gasteiger partial charge in [-0.15, -0.1) is 0 Å². The third-order valence-electron chi connectivity index (χ3n) is 5.61. The van der Waals surface area contributed by atoms with Gasteiger partial charge in [0.2, 0.25) is 0 Å². The van der Waals surface area contributed by atoms with Gasteiger partial charge in [-0.1, -0.05) is 50.2 Å². The molecule has 2 unspecified atom stereocenters. The molecule has 0 aliphatic heterocycles. The number of H-pyrrole nitrogens is 1. The largest absolute Gasteiger partial charge is 0.358 e. The zero-order valence-corrected chi connectivity index (χ0v) is 13.3. The van der Waals surface area contributed by atoms with Crippen LogP contribution in [0.4, 0.5) is 0 Å². The van der Waals surface area contributed by atoms with E-state index in [2.05, 4.69) is 68.2 Å². The summed E-state index contributed by atoms with van der Waals surface area (Å²) in [5.74, 6) is 0.962. The lowest BCUT2D eigenvalue weighted by molar-refractivity contribution is 0.559. The molecule has 1 heterocycles. The molecule has 110 valence electrons. The summed E-state index contributed by atoms with van der Waals surface area (Å²) in [7, 11) is 0. The van der Waals surface area contributed by atoms with Gasteiger partial charge in [0.1, 0.15) is 0 Å². The van der Waals surface area contributed by atoms with E-state index in [1.807, 2.05) is 0 Å². The lowest BCUT2D eigenvalue weighted by atomic mass is 9.98. The van der Waals surface area contributed by atoms with Crippen molar-refractivity contribution in [3.8, 4) is 6.07 Å². The second kappa shape index (κ2) is 4.36. The number of nitrogens with zero attached hydrogens (tertiary/aromatic N) is 1. The summed E-state index contributed by atoms with van der Waals surface area (Å²) < 4.78 is 0. The summed E-state index contributed by atoms with van der Waals surface area (Å²) in [5, 5.41) is 13.0. The highest BCUT2D eigenvalue weighted by atomic mass is 14.7. The number of aryl methyl sites for hydroxylation is 1. The van der Waals surface area contributed by atoms with Crippen molar-refractivity contribution in [3.05, 3.63) is 47.7 Å². The molecule has 2 aromatic carbocycles. The third-order valence-corrected chi connectivity index (χ3v) is 5.61. The van der Waals surface area contributed by atoms with Gasteiger partial charge in [0.25, 0.3) is 0 Å². The topological polar surface area (TPSA) is 39.6 Å². The molecular weight excluding hydrogens is 268 g/mol. The Labute approximate surface area is 130 Å². The molecule has 2 atom stereocenters. The molecule has 0 bridgehead atoms. The number of hydrogen-bond acceptors (Lipinski definition) is 1. The first-order valence-corrected chi connectivity index (χ1v) is 7.92. The minimum Gasteiger partial charge on any atom is -0.358 e. The quantitative estimate of drug-likeness (QED) is 0.684. The third kappa shape index (κ3) is 1.66. The number of benzene rings is 2. The average molecular weight is 288 g/mol. The lowest BCUT2D eigenvalue weighted by Gasteiger charge is -2.04. The van der Waals surface area contributed by atoms with Crippen LogP contribution in [0.3, 0.4) is 0 Å². The van der Waals surface area contributed by atoms with Crippen molar-refractivity contribution in [2.75, 3.05) is 0 Å². The molecule has 22 heavy (non-hydrogen) atoms. The Kier molecular flexibility index (Phi) is 2.66. The van der Waals surface area contributed by atoms with Gasteiger partial charge >= 0.3 is 0 Å². The first-order chi connectivity index (χ1) is 10.6. The van der Waals surface area contributed by atoms with E-state index in [1.54, 1.807) is 0 Å². The zero-order valence-electron chi connectivity index (χ0n) is 13.3. The highest BCUT2D eigenvalue weighted by Crippen LogP contribution is 2.67. The Morgan fingerprint density at radius 1 is 1.14 bits per heavy atom. The summed E-state index contributed by atoms with van der Waals surface area (Å²) in [6, 6.07) is 15.3. The minimum atomic E-state index is 0.223. The number of aromatic nitrogens is 1. The maximum absolute atomic E-state index is 9.09. The Morgan fingerprint density at radius 2 is 1.91 bits per heavy atom. The van der Waals surface area contributed by atoms with Crippen LogP contribution >= 0.6 is 0 Å². The first-order valence-electron chi connectivity index (χ1n) is 7.92. The summed E-state index contributed by atoms with van der Waals surface area (Å²) in [6.45, 7) is 6.75. The smallest absolute Gasteiger partial charge is 0.0625 e. The van der Waals surface area contributed by atoms with Crippen LogP contribution in [0.5, 0.6) is 0 Å². The fourth-order valence-electron chi connectivity index (χ4n) is 4.28. The summed E-state index contributed by atoms with van der Waals surface area (Å²) in [4.78, 5) is 3.61. The molecule has 1 aliphatic rings. The van der Waals surface area contributed by atoms with Crippen LogP contribution < -0.4 is 0 Å². The van der Waals surface area contributed by atoms with E-state index in [0.29, 0.717) is 18.3 Å². The molecule has 2 nitrogen and oxygen atoms in total. The molecular formula is C20H20N2. The van der Waals surface area contributed by atoms with E-state index in [1.165, 1.54) is 32.9 Å². The number of aromatic amines is 1. The maximum atomic E-state index is 9.09. The molecule has 4 rings (SSSR count). The van der Waals surface area contributed by atoms with E-state index in [4.69, 9.17) is 5.26 Å². The molecule has 2 heteroatoms. The molecule has 1 aliphatic carbocycles. The van der Waals surface area contributed by atoms with E-state index < -0.39 is 0 Å². The Bertz CT molecular complexity index is 924. The lowest BCUT2D eigenvalue weighted by Crippen LogP contribution is -1.91. The SMILES string of the molecule is Cc1[nH]c2c(ccc3ccccc32)c1C1C(CC#N)C1(C)C. The molecule has 1 saturated carbocycles. The predicted molar refractivity (Wildman–Crippen MR) is 90.8 cm³/mol. The average Bonchev–Trinajstić information content (AvgIpc) is 2.87. The van der Waals surface area contributed by atoms with Crippen LogP contribution in [0.15, 0.2) is 36.4 Å². The number of rotatable bonds is 2. The maximum Gasteiger partial charge on any atom is 0.0625 e. The molecule has 0 saturated heterocycles. The van der Waals surface area contributed by atoms with Gasteiger partial charge in [-0.2, -0.15) is 5.26 Å². The van der Waals surface area contributed by atoms with Crippen LogP contribution in [0, 0.1) is 29.6 Å². The summed E-state index contributed by atoms with van der Waals surface area (Å²) in [5.41, 5.74) is 4.14. The van der Waals surface area contributed by atoms with Crippen LogP contribution in [-0.2, 0) is 0 Å². The van der Waals surface area contributed by atoms with Gasteiger partial charge in [0.15, 0.2) is 0 Å². The van der Waals surface area contributed by atoms with E-state index >= 15 is 0 Å². The van der Waals surface area contributed by atoms with Crippen molar-refractivity contribution in [2.24, 2.45) is 11.3 Å². The van der Waals surface area contributed by atoms with Crippen LogP contribution in [0.25, 0.3) is 21.7 Å². The van der Waals surface area contributed by atoms with E-state index in [9.17, 15) is 0 Å². The fourth-order valence-corrected chi connectivity index (χ4v) is 4.28. The van der Waals surface area contributed by atoms with Gasteiger partial charge in [-0.25, -0.2) is 0 Å². The Balaban J connectivity index is 1.95. The highest BCUT2D eigenvalue weighted by molar-refractivity contribution is 6.07. The molecule has 3 aromatic rings. The Hall–Kier alpha value is -2.27. The van der Waals surface area contributed by atoms with E-state index in [-0.39, 0.29) is 5.41 Å². The van der Waals surface area contributed by atoms with Crippen LogP contribution in [-0.4, -0.2) is 4.98 Å². The van der Waals surface area contributed by atoms with Crippen LogP contribution in [0.1, 0.15) is 37.4 Å². The number of nitriles is 1. The summed E-state index contributed by atoms with van der Waals surface area (Å²) >= 11 is 0. The van der Waals surface area contributed by atoms with E-state index in [0.717, 1.165) is 0 Å². The molecule has 0 radical (unpaired) electrons. The molecule has 1 aromatic heterocycles. The zero-order chi connectivity index (χ0) is 15.5. The molecule has 0 spiro atoms. The minimum absolute atomic E-state index is 0.223.